The molecule has 0 atom stereocenters. The summed E-state index contributed by atoms with van der Waals surface area (Å²) in [5.74, 6) is 0. The number of ether oxygens (including phenoxy) is 1. The first-order chi connectivity index (χ1) is 4.34. The van der Waals surface area contributed by atoms with Gasteiger partial charge in [0, 0.05) is 0 Å². The van der Waals surface area contributed by atoms with E-state index in [9.17, 15) is 0 Å². The standard InChI is InChI=1S/C6H6OS.Cr/c1-7-4-6-2-3-8-5-6;/h2-3,5H,1H3;. The molecule has 0 aliphatic rings. The van der Waals surface area contributed by atoms with Crippen molar-refractivity contribution in [3.63, 3.8) is 0 Å². The Balaban J connectivity index is 2.77. The average molecular weight is 178 g/mol. The zero-order valence-electron chi connectivity index (χ0n) is 4.96. The molecule has 3 heteroatoms. The van der Waals surface area contributed by atoms with Crippen molar-refractivity contribution in [2.24, 2.45) is 0 Å². The number of hydrogen-bond acceptors (Lipinski definition) is 2. The van der Waals surface area contributed by atoms with Gasteiger partial charge in [0.15, 0.2) is 0 Å². The van der Waals surface area contributed by atoms with Gasteiger partial charge in [0.1, 0.15) is 0 Å². The quantitative estimate of drug-likeness (QED) is 0.665. The Morgan fingerprint density at radius 2 is 2.56 bits per heavy atom. The molecule has 0 saturated carbocycles. The van der Waals surface area contributed by atoms with Gasteiger partial charge in [-0.2, -0.15) is 0 Å². The molecule has 48 valence electrons. The Labute approximate surface area is 66.2 Å². The van der Waals surface area contributed by atoms with Gasteiger partial charge in [-0.1, -0.05) is 0 Å². The predicted molar refractivity (Wildman–Crippen MR) is 35.4 cm³/mol. The van der Waals surface area contributed by atoms with Crippen molar-refractivity contribution >= 4 is 15.9 Å². The van der Waals surface area contributed by atoms with Crippen LogP contribution in [0.1, 0.15) is 5.56 Å². The summed E-state index contributed by atoms with van der Waals surface area (Å²) < 4.78 is 5.82. The van der Waals surface area contributed by atoms with Gasteiger partial charge in [0.05, 0.1) is 0 Å². The van der Waals surface area contributed by atoms with E-state index in [0.717, 1.165) is 10.1 Å². The number of thiophene rings is 1. The van der Waals surface area contributed by atoms with Crippen LogP contribution in [-0.4, -0.2) is 11.7 Å². The molecule has 0 bridgehead atoms. The zero-order chi connectivity index (χ0) is 6.69. The molecule has 0 radical (unpaired) electrons. The third kappa shape index (κ3) is 1.74. The van der Waals surface area contributed by atoms with E-state index in [2.05, 4.69) is 15.9 Å². The van der Waals surface area contributed by atoms with Crippen LogP contribution >= 0.6 is 11.3 Å². The Hall–Kier alpha value is 0.0625. The van der Waals surface area contributed by atoms with Crippen molar-refractivity contribution in [2.75, 3.05) is 7.11 Å². The Morgan fingerprint density at radius 3 is 3.00 bits per heavy atom. The molecule has 1 nitrogen and oxygen atoms in total. The van der Waals surface area contributed by atoms with Crippen molar-refractivity contribution in [1.29, 1.82) is 0 Å². The van der Waals surface area contributed by atoms with E-state index in [4.69, 9.17) is 4.74 Å². The van der Waals surface area contributed by atoms with Gasteiger partial charge in [-0.3, -0.25) is 0 Å². The average Bonchev–Trinajstić information content (AvgIpc) is 2.37. The van der Waals surface area contributed by atoms with Crippen molar-refractivity contribution in [1.82, 2.24) is 0 Å². The van der Waals surface area contributed by atoms with E-state index in [1.807, 2.05) is 16.8 Å². The fourth-order valence-corrected chi connectivity index (χ4v) is 1.46. The second-order valence-corrected chi connectivity index (χ2v) is 2.86. The van der Waals surface area contributed by atoms with E-state index in [0.29, 0.717) is 0 Å². The van der Waals surface area contributed by atoms with Crippen LogP contribution in [0.2, 0.25) is 0 Å². The maximum atomic E-state index is 4.96. The molecule has 0 aliphatic heterocycles. The van der Waals surface area contributed by atoms with Crippen LogP contribution in [0, 0.1) is 0 Å². The van der Waals surface area contributed by atoms with Crippen LogP contribution in [-0.2, 0) is 20.6 Å². The van der Waals surface area contributed by atoms with Gasteiger partial charge in [-0.25, -0.2) is 0 Å². The van der Waals surface area contributed by atoms with Crippen LogP contribution in [0.25, 0.3) is 0 Å². The normalized spacial score (nSPS) is 9.44. The zero-order valence-corrected chi connectivity index (χ0v) is 7.05. The maximum absolute atomic E-state index is 4.96. The summed E-state index contributed by atoms with van der Waals surface area (Å²) in [5, 5.41) is 4.06. The van der Waals surface area contributed by atoms with Gasteiger partial charge in [-0.05, 0) is 0 Å². The summed E-state index contributed by atoms with van der Waals surface area (Å²) >= 11 is 4.49. The van der Waals surface area contributed by atoms with E-state index in [1.54, 1.807) is 18.4 Å². The minimum atomic E-state index is 0.858. The molecule has 0 aromatic carbocycles. The summed E-state index contributed by atoms with van der Waals surface area (Å²) in [4.78, 5) is 0. The third-order valence-electron chi connectivity index (χ3n) is 0.942. The van der Waals surface area contributed by atoms with E-state index < -0.39 is 0 Å². The first-order valence-corrected chi connectivity index (χ1v) is 4.03. The third-order valence-corrected chi connectivity index (χ3v) is 2.25. The summed E-state index contributed by atoms with van der Waals surface area (Å²) in [7, 11) is 1.66. The first-order valence-electron chi connectivity index (χ1n) is 2.45. The molecule has 1 rings (SSSR count). The second-order valence-electron chi connectivity index (χ2n) is 1.50. The molecule has 1 heterocycles. The molecular formula is C6H6CrOS. The van der Waals surface area contributed by atoms with Gasteiger partial charge in [-0.15, -0.1) is 0 Å². The fourth-order valence-electron chi connectivity index (χ4n) is 0.498. The van der Waals surface area contributed by atoms with Crippen LogP contribution in [0.5, 0.6) is 0 Å². The van der Waals surface area contributed by atoms with Crippen LogP contribution in [0.3, 0.4) is 0 Å². The predicted octanol–water partition coefficient (Wildman–Crippen LogP) is 1.42. The number of rotatable bonds is 2. The van der Waals surface area contributed by atoms with Gasteiger partial charge >= 0.3 is 66.0 Å². The Morgan fingerprint density at radius 1 is 1.78 bits per heavy atom. The molecule has 0 unspecified atom stereocenters. The summed E-state index contributed by atoms with van der Waals surface area (Å²) in [5.41, 5.74) is 1.13. The molecule has 0 amide bonds. The SMILES string of the molecule is CO[C](=[Cr])c1ccsc1. The fraction of sp³-hybridized carbons (Fsp3) is 0.167. The van der Waals surface area contributed by atoms with Crippen LogP contribution in [0.4, 0.5) is 0 Å². The summed E-state index contributed by atoms with van der Waals surface area (Å²) in [6.07, 6.45) is 0. The molecule has 0 saturated heterocycles. The number of methoxy groups -OCH3 is 1. The Kier molecular flexibility index (Phi) is 2.62. The summed E-state index contributed by atoms with van der Waals surface area (Å²) in [6.45, 7) is 0. The molecule has 9 heavy (non-hydrogen) atoms. The summed E-state index contributed by atoms with van der Waals surface area (Å²) in [6, 6.07) is 2.01. The molecule has 0 spiro atoms. The second kappa shape index (κ2) is 3.29. The molecule has 0 fully saturated rings. The molecule has 1 aromatic heterocycles. The number of hydrogen-bond donors (Lipinski definition) is 0. The Bertz CT molecular complexity index is 193. The molecule has 0 N–H and O–H groups in total. The molecule has 1 aromatic rings. The molecule has 0 aliphatic carbocycles. The molecular weight excluding hydrogens is 172 g/mol. The van der Waals surface area contributed by atoms with E-state index in [-0.39, 0.29) is 0 Å². The monoisotopic (exact) mass is 178 g/mol. The van der Waals surface area contributed by atoms with Gasteiger partial charge < -0.3 is 0 Å². The van der Waals surface area contributed by atoms with E-state index >= 15 is 0 Å². The van der Waals surface area contributed by atoms with Gasteiger partial charge in [0.25, 0.3) is 0 Å². The van der Waals surface area contributed by atoms with Crippen molar-refractivity contribution in [3.05, 3.63) is 22.4 Å². The minimum absolute atomic E-state index is 0.858. The van der Waals surface area contributed by atoms with Crippen LogP contribution in [0.15, 0.2) is 16.8 Å². The van der Waals surface area contributed by atoms with Gasteiger partial charge in [0.2, 0.25) is 0 Å². The van der Waals surface area contributed by atoms with Crippen LogP contribution < -0.4 is 0 Å². The first kappa shape index (κ1) is 7.17. The van der Waals surface area contributed by atoms with Crippen molar-refractivity contribution in [3.8, 4) is 0 Å². The van der Waals surface area contributed by atoms with Crippen molar-refractivity contribution < 1.29 is 20.6 Å². The van der Waals surface area contributed by atoms with E-state index in [1.165, 1.54) is 0 Å². The van der Waals surface area contributed by atoms with Crippen molar-refractivity contribution in [2.45, 2.75) is 0 Å². The topological polar surface area (TPSA) is 9.23 Å².